The lowest BCUT2D eigenvalue weighted by Gasteiger charge is -2.19. The predicted molar refractivity (Wildman–Crippen MR) is 81.4 cm³/mol. The Morgan fingerprint density at radius 3 is 2.00 bits per heavy atom. The van der Waals surface area contributed by atoms with Crippen molar-refractivity contribution < 1.29 is 19.2 Å². The van der Waals surface area contributed by atoms with Crippen LogP contribution in [0, 0.1) is 18.4 Å². The number of fused-ring (bicyclic) bond motifs is 1. The quantitative estimate of drug-likeness (QED) is 0.551. The Balaban J connectivity index is 1.40. The molecule has 0 N–H and O–H groups in total. The van der Waals surface area contributed by atoms with Crippen LogP contribution in [0.3, 0.4) is 0 Å². The number of nitrogens with zero attached hydrogens (tertiary/aromatic N) is 2. The second-order valence-electron chi connectivity index (χ2n) is 6.66. The number of amides is 4. The Morgan fingerprint density at radius 1 is 0.870 bits per heavy atom. The lowest BCUT2D eigenvalue weighted by molar-refractivity contribution is -0.139. The molecule has 0 aromatic carbocycles. The Morgan fingerprint density at radius 2 is 1.43 bits per heavy atom. The molecule has 0 bridgehead atoms. The van der Waals surface area contributed by atoms with Crippen LogP contribution >= 0.6 is 0 Å². The van der Waals surface area contributed by atoms with E-state index in [-0.39, 0.29) is 35.5 Å². The molecule has 3 aliphatic rings. The summed E-state index contributed by atoms with van der Waals surface area (Å²) < 4.78 is 0. The number of hydrogen-bond acceptors (Lipinski definition) is 4. The van der Waals surface area contributed by atoms with Crippen molar-refractivity contribution in [3.05, 3.63) is 6.54 Å². The highest BCUT2D eigenvalue weighted by Crippen LogP contribution is 2.38. The molecule has 3 fully saturated rings. The van der Waals surface area contributed by atoms with Gasteiger partial charge in [0.05, 0.1) is 18.4 Å². The Labute approximate surface area is 136 Å². The van der Waals surface area contributed by atoms with Crippen LogP contribution < -0.4 is 0 Å². The zero-order valence-corrected chi connectivity index (χ0v) is 13.3. The first-order valence-electron chi connectivity index (χ1n) is 8.63. The van der Waals surface area contributed by atoms with Crippen LogP contribution in [0.5, 0.6) is 0 Å². The third kappa shape index (κ3) is 3.16. The highest BCUT2D eigenvalue weighted by molar-refractivity contribution is 6.05. The van der Waals surface area contributed by atoms with Crippen molar-refractivity contribution in [2.75, 3.05) is 6.54 Å². The van der Waals surface area contributed by atoms with Crippen LogP contribution in [-0.4, -0.2) is 40.0 Å². The third-order valence-corrected chi connectivity index (χ3v) is 5.18. The summed E-state index contributed by atoms with van der Waals surface area (Å²) >= 11 is 0. The minimum absolute atomic E-state index is 0.0374. The number of likely N-dealkylation sites (tertiary alicyclic amines) is 2. The number of hydrogen-bond donors (Lipinski definition) is 0. The second-order valence-corrected chi connectivity index (χ2v) is 6.66. The van der Waals surface area contributed by atoms with E-state index in [0.717, 1.165) is 32.1 Å². The lowest BCUT2D eigenvalue weighted by Crippen LogP contribution is -2.30. The smallest absolute Gasteiger partial charge is 0.233 e. The van der Waals surface area contributed by atoms with Gasteiger partial charge in [0.15, 0.2) is 0 Å². The maximum atomic E-state index is 12.3. The van der Waals surface area contributed by atoms with Crippen molar-refractivity contribution >= 4 is 23.6 Å². The fourth-order valence-electron chi connectivity index (χ4n) is 3.87. The van der Waals surface area contributed by atoms with Crippen LogP contribution in [0.4, 0.5) is 0 Å². The predicted octanol–water partition coefficient (Wildman–Crippen LogP) is 1.64. The number of unbranched alkanes of at least 4 members (excludes halogenated alkanes) is 2. The summed E-state index contributed by atoms with van der Waals surface area (Å²) in [5, 5.41) is 0. The summed E-state index contributed by atoms with van der Waals surface area (Å²) in [6.45, 7) is 2.15. The monoisotopic (exact) mass is 319 g/mol. The molecule has 125 valence electrons. The van der Waals surface area contributed by atoms with Gasteiger partial charge in [-0.15, -0.1) is 0 Å². The standard InChI is InChI=1S/C17H23N2O4/c20-14-8-9-15(21)18(14)10-4-1-5-11-19-16(22)12-6-2-3-7-13(12)17(19)23/h11-13H,1-10H2. The normalized spacial score (nSPS) is 28.0. The van der Waals surface area contributed by atoms with Gasteiger partial charge >= 0.3 is 0 Å². The van der Waals surface area contributed by atoms with Gasteiger partial charge in [-0.05, 0) is 32.1 Å². The van der Waals surface area contributed by atoms with Crippen LogP contribution in [0.1, 0.15) is 57.8 Å². The lowest BCUT2D eigenvalue weighted by atomic mass is 9.81. The Kier molecular flexibility index (Phi) is 4.78. The molecule has 6 heteroatoms. The average Bonchev–Trinajstić information content (AvgIpc) is 3.00. The van der Waals surface area contributed by atoms with E-state index < -0.39 is 0 Å². The largest absolute Gasteiger partial charge is 0.283 e. The summed E-state index contributed by atoms with van der Waals surface area (Å²) in [5.41, 5.74) is 0. The third-order valence-electron chi connectivity index (χ3n) is 5.18. The average molecular weight is 319 g/mol. The van der Waals surface area contributed by atoms with Gasteiger partial charge < -0.3 is 0 Å². The van der Waals surface area contributed by atoms with Gasteiger partial charge in [-0.1, -0.05) is 12.8 Å². The van der Waals surface area contributed by atoms with Crippen LogP contribution in [0.15, 0.2) is 0 Å². The summed E-state index contributed by atoms with van der Waals surface area (Å²) in [4.78, 5) is 50.2. The van der Waals surface area contributed by atoms with E-state index in [1.807, 2.05) is 0 Å². The fraction of sp³-hybridized carbons (Fsp3) is 0.706. The van der Waals surface area contributed by atoms with Crippen molar-refractivity contribution in [2.45, 2.75) is 57.8 Å². The van der Waals surface area contributed by atoms with Crippen molar-refractivity contribution in [2.24, 2.45) is 11.8 Å². The summed E-state index contributed by atoms with van der Waals surface area (Å²) in [5.74, 6) is -0.463. The molecule has 23 heavy (non-hydrogen) atoms. The van der Waals surface area contributed by atoms with E-state index in [2.05, 4.69) is 0 Å². The summed E-state index contributed by atoms with van der Waals surface area (Å²) in [6, 6.07) is 0. The molecule has 4 amide bonds. The van der Waals surface area contributed by atoms with E-state index in [0.29, 0.717) is 32.2 Å². The van der Waals surface area contributed by atoms with E-state index in [4.69, 9.17) is 0 Å². The molecule has 1 radical (unpaired) electrons. The molecule has 6 nitrogen and oxygen atoms in total. The molecule has 2 saturated heterocycles. The van der Waals surface area contributed by atoms with Gasteiger partial charge in [0.25, 0.3) is 0 Å². The first kappa shape index (κ1) is 16.1. The number of imide groups is 2. The Hall–Kier alpha value is -1.72. The van der Waals surface area contributed by atoms with E-state index in [1.54, 1.807) is 6.54 Å². The van der Waals surface area contributed by atoms with Crippen molar-refractivity contribution in [3.63, 3.8) is 0 Å². The zero-order valence-electron chi connectivity index (χ0n) is 13.3. The summed E-state index contributed by atoms with van der Waals surface area (Å²) in [7, 11) is 0. The van der Waals surface area contributed by atoms with Crippen molar-refractivity contribution in [1.82, 2.24) is 9.80 Å². The first-order chi connectivity index (χ1) is 11.1. The molecule has 2 atom stereocenters. The highest BCUT2D eigenvalue weighted by atomic mass is 16.2. The van der Waals surface area contributed by atoms with Crippen LogP contribution in [-0.2, 0) is 19.2 Å². The van der Waals surface area contributed by atoms with Crippen LogP contribution in [0.25, 0.3) is 0 Å². The molecule has 0 aromatic heterocycles. The van der Waals surface area contributed by atoms with E-state index in [9.17, 15) is 19.2 Å². The minimum Gasteiger partial charge on any atom is -0.283 e. The molecule has 2 aliphatic heterocycles. The minimum atomic E-state index is -0.104. The molecule has 1 saturated carbocycles. The van der Waals surface area contributed by atoms with Crippen LogP contribution in [0.2, 0.25) is 0 Å². The maximum Gasteiger partial charge on any atom is 0.233 e. The number of rotatable bonds is 6. The maximum absolute atomic E-state index is 12.3. The first-order valence-corrected chi connectivity index (χ1v) is 8.63. The highest BCUT2D eigenvalue weighted by Gasteiger charge is 2.47. The second kappa shape index (κ2) is 6.81. The van der Waals surface area contributed by atoms with Gasteiger partial charge in [-0.2, -0.15) is 0 Å². The number of carbonyl (C=O) groups is 4. The molecular formula is C17H23N2O4. The van der Waals surface area contributed by atoms with Crippen molar-refractivity contribution in [3.8, 4) is 0 Å². The molecule has 0 aromatic rings. The van der Waals surface area contributed by atoms with Gasteiger partial charge in [0.1, 0.15) is 0 Å². The molecule has 1 aliphatic carbocycles. The van der Waals surface area contributed by atoms with Gasteiger partial charge in [-0.3, -0.25) is 29.0 Å². The fourth-order valence-corrected chi connectivity index (χ4v) is 3.87. The molecule has 2 heterocycles. The molecule has 0 spiro atoms. The number of carbonyl (C=O) groups excluding carboxylic acids is 4. The van der Waals surface area contributed by atoms with Gasteiger partial charge in [0, 0.05) is 19.4 Å². The molecular weight excluding hydrogens is 296 g/mol. The van der Waals surface area contributed by atoms with Gasteiger partial charge in [-0.25, -0.2) is 0 Å². The van der Waals surface area contributed by atoms with Gasteiger partial charge in [0.2, 0.25) is 23.6 Å². The SMILES string of the molecule is O=C1C2CCCCC2C(=O)N1[CH]CCCCN1C(=O)CCC1=O. The van der Waals surface area contributed by atoms with E-state index in [1.165, 1.54) is 9.80 Å². The zero-order chi connectivity index (χ0) is 16.4. The van der Waals surface area contributed by atoms with Crippen molar-refractivity contribution in [1.29, 1.82) is 0 Å². The Bertz CT molecular complexity index is 491. The van der Waals surface area contributed by atoms with E-state index >= 15 is 0 Å². The molecule has 2 unspecified atom stereocenters. The topological polar surface area (TPSA) is 74.8 Å². The summed E-state index contributed by atoms with van der Waals surface area (Å²) in [6.07, 6.45) is 6.46. The molecule has 3 rings (SSSR count).